The van der Waals surface area contributed by atoms with Crippen LogP contribution in [0.4, 0.5) is 5.13 Å². The number of rotatable bonds is 3. The molecule has 1 aromatic heterocycles. The van der Waals surface area contributed by atoms with Gasteiger partial charge in [0.15, 0.2) is 5.13 Å². The predicted molar refractivity (Wildman–Crippen MR) is 96.4 cm³/mol. The van der Waals surface area contributed by atoms with Crippen LogP contribution >= 0.6 is 22.9 Å². The number of halogens is 1. The topological polar surface area (TPSA) is 42.0 Å². The van der Waals surface area contributed by atoms with Gasteiger partial charge in [0, 0.05) is 10.4 Å². The number of anilines is 1. The average molecular weight is 343 g/mol. The van der Waals surface area contributed by atoms with E-state index in [0.29, 0.717) is 15.7 Å². The van der Waals surface area contributed by atoms with E-state index >= 15 is 0 Å². The van der Waals surface area contributed by atoms with Crippen LogP contribution in [0.15, 0.2) is 48.5 Å². The van der Waals surface area contributed by atoms with Crippen LogP contribution in [0.2, 0.25) is 5.02 Å². The van der Waals surface area contributed by atoms with E-state index in [9.17, 15) is 4.79 Å². The lowest BCUT2D eigenvalue weighted by atomic mass is 10.1. The standard InChI is InChI=1S/C18H15ClN2OS/c1-11-7-9-13(10-8-11)16-12(2)23-18(20-16)21-17(22)14-5-3-4-6-15(14)19/h3-10H,1-2H3,(H,20,21,22). The van der Waals surface area contributed by atoms with Gasteiger partial charge in [-0.1, -0.05) is 53.6 Å². The molecule has 3 nitrogen and oxygen atoms in total. The first kappa shape index (κ1) is 15.7. The quantitative estimate of drug-likeness (QED) is 0.698. The Morgan fingerprint density at radius 3 is 2.48 bits per heavy atom. The summed E-state index contributed by atoms with van der Waals surface area (Å²) in [6, 6.07) is 15.1. The number of hydrogen-bond acceptors (Lipinski definition) is 3. The molecule has 2 aromatic carbocycles. The highest BCUT2D eigenvalue weighted by Gasteiger charge is 2.14. The third-order valence-corrected chi connectivity index (χ3v) is 4.68. The number of carbonyl (C=O) groups is 1. The lowest BCUT2D eigenvalue weighted by molar-refractivity contribution is 0.102. The Morgan fingerprint density at radius 2 is 1.78 bits per heavy atom. The Kier molecular flexibility index (Phi) is 4.46. The highest BCUT2D eigenvalue weighted by atomic mass is 35.5. The van der Waals surface area contributed by atoms with E-state index in [1.54, 1.807) is 24.3 Å². The van der Waals surface area contributed by atoms with Crippen molar-refractivity contribution in [3.8, 4) is 11.3 Å². The van der Waals surface area contributed by atoms with Crippen molar-refractivity contribution in [3.63, 3.8) is 0 Å². The molecule has 0 radical (unpaired) electrons. The first-order chi connectivity index (χ1) is 11.0. The Morgan fingerprint density at radius 1 is 1.09 bits per heavy atom. The van der Waals surface area contributed by atoms with Gasteiger partial charge in [-0.2, -0.15) is 0 Å². The third-order valence-electron chi connectivity index (χ3n) is 3.46. The Balaban J connectivity index is 1.85. The zero-order valence-corrected chi connectivity index (χ0v) is 14.3. The highest BCUT2D eigenvalue weighted by molar-refractivity contribution is 7.16. The van der Waals surface area contributed by atoms with Gasteiger partial charge in [-0.25, -0.2) is 4.98 Å². The zero-order chi connectivity index (χ0) is 16.4. The molecular weight excluding hydrogens is 328 g/mol. The summed E-state index contributed by atoms with van der Waals surface area (Å²) in [4.78, 5) is 17.9. The molecule has 1 N–H and O–H groups in total. The number of hydrogen-bond donors (Lipinski definition) is 1. The molecule has 1 amide bonds. The smallest absolute Gasteiger partial charge is 0.258 e. The number of amides is 1. The van der Waals surface area contributed by atoms with E-state index in [4.69, 9.17) is 11.6 Å². The van der Waals surface area contributed by atoms with Crippen LogP contribution in [0.1, 0.15) is 20.8 Å². The number of nitrogens with one attached hydrogen (secondary N) is 1. The van der Waals surface area contributed by atoms with Crippen molar-refractivity contribution in [1.82, 2.24) is 4.98 Å². The lowest BCUT2D eigenvalue weighted by Gasteiger charge is -2.03. The van der Waals surface area contributed by atoms with E-state index in [-0.39, 0.29) is 5.91 Å². The fourth-order valence-corrected chi connectivity index (χ4v) is 3.29. The lowest BCUT2D eigenvalue weighted by Crippen LogP contribution is -2.12. The first-order valence-electron chi connectivity index (χ1n) is 7.15. The SMILES string of the molecule is Cc1ccc(-c2nc(NC(=O)c3ccccc3Cl)sc2C)cc1. The van der Waals surface area contributed by atoms with E-state index < -0.39 is 0 Å². The molecule has 3 rings (SSSR count). The summed E-state index contributed by atoms with van der Waals surface area (Å²) in [6.45, 7) is 4.05. The minimum absolute atomic E-state index is 0.250. The Labute approximate surface area is 144 Å². The molecule has 23 heavy (non-hydrogen) atoms. The molecular formula is C18H15ClN2OS. The van der Waals surface area contributed by atoms with Gasteiger partial charge in [-0.15, -0.1) is 11.3 Å². The van der Waals surface area contributed by atoms with E-state index in [2.05, 4.69) is 22.4 Å². The molecule has 0 fully saturated rings. The third kappa shape index (κ3) is 3.44. The fraction of sp³-hybridized carbons (Fsp3) is 0.111. The van der Waals surface area contributed by atoms with Crippen LogP contribution in [0.3, 0.4) is 0 Å². The number of thiazole rings is 1. The maximum Gasteiger partial charge on any atom is 0.258 e. The van der Waals surface area contributed by atoms with Crippen molar-refractivity contribution in [2.24, 2.45) is 0 Å². The summed E-state index contributed by atoms with van der Waals surface area (Å²) in [5, 5.41) is 3.83. The van der Waals surface area contributed by atoms with Crippen LogP contribution in [-0.4, -0.2) is 10.9 Å². The van der Waals surface area contributed by atoms with Gasteiger partial charge in [0.2, 0.25) is 0 Å². The highest BCUT2D eigenvalue weighted by Crippen LogP contribution is 2.31. The second-order valence-electron chi connectivity index (χ2n) is 5.22. The van der Waals surface area contributed by atoms with Crippen molar-refractivity contribution in [2.45, 2.75) is 13.8 Å². The summed E-state index contributed by atoms with van der Waals surface area (Å²) in [5.41, 5.74) is 3.58. The molecule has 1 heterocycles. The van der Waals surface area contributed by atoms with Gasteiger partial charge in [0.1, 0.15) is 0 Å². The molecule has 3 aromatic rings. The Bertz CT molecular complexity index is 856. The molecule has 116 valence electrons. The van der Waals surface area contributed by atoms with Crippen molar-refractivity contribution < 1.29 is 4.79 Å². The van der Waals surface area contributed by atoms with Crippen LogP contribution < -0.4 is 5.32 Å². The number of carbonyl (C=O) groups excluding carboxylic acids is 1. The minimum atomic E-state index is -0.250. The maximum absolute atomic E-state index is 12.3. The van der Waals surface area contributed by atoms with Crippen LogP contribution in [-0.2, 0) is 0 Å². The van der Waals surface area contributed by atoms with Crippen molar-refractivity contribution in [2.75, 3.05) is 5.32 Å². The van der Waals surface area contributed by atoms with Gasteiger partial charge in [0.05, 0.1) is 16.3 Å². The van der Waals surface area contributed by atoms with Gasteiger partial charge < -0.3 is 0 Å². The molecule has 0 aliphatic rings. The second kappa shape index (κ2) is 6.52. The summed E-state index contributed by atoms with van der Waals surface area (Å²) < 4.78 is 0. The summed E-state index contributed by atoms with van der Waals surface area (Å²) in [5.74, 6) is -0.250. The summed E-state index contributed by atoms with van der Waals surface area (Å²) in [7, 11) is 0. The normalized spacial score (nSPS) is 10.6. The molecule has 0 atom stereocenters. The first-order valence-corrected chi connectivity index (χ1v) is 8.34. The van der Waals surface area contributed by atoms with Crippen LogP contribution in [0.5, 0.6) is 0 Å². The van der Waals surface area contributed by atoms with Crippen molar-refractivity contribution >= 4 is 34.0 Å². The fourth-order valence-electron chi connectivity index (χ4n) is 2.24. The molecule has 0 bridgehead atoms. The van der Waals surface area contributed by atoms with Gasteiger partial charge in [-0.05, 0) is 26.0 Å². The average Bonchev–Trinajstić information content (AvgIpc) is 2.89. The molecule has 5 heteroatoms. The predicted octanol–water partition coefficient (Wildman–Crippen LogP) is 5.33. The number of aromatic nitrogens is 1. The van der Waals surface area contributed by atoms with E-state index in [1.165, 1.54) is 16.9 Å². The van der Waals surface area contributed by atoms with Gasteiger partial charge in [-0.3, -0.25) is 10.1 Å². The molecule has 0 unspecified atom stereocenters. The van der Waals surface area contributed by atoms with Crippen LogP contribution in [0, 0.1) is 13.8 Å². The minimum Gasteiger partial charge on any atom is -0.298 e. The summed E-state index contributed by atoms with van der Waals surface area (Å²) >= 11 is 7.51. The molecule has 0 spiro atoms. The van der Waals surface area contributed by atoms with E-state index in [0.717, 1.165) is 16.1 Å². The van der Waals surface area contributed by atoms with Crippen molar-refractivity contribution in [1.29, 1.82) is 0 Å². The van der Waals surface area contributed by atoms with Gasteiger partial charge in [0.25, 0.3) is 5.91 Å². The summed E-state index contributed by atoms with van der Waals surface area (Å²) in [6.07, 6.45) is 0. The van der Waals surface area contributed by atoms with E-state index in [1.807, 2.05) is 26.0 Å². The monoisotopic (exact) mass is 342 g/mol. The molecule has 0 saturated heterocycles. The second-order valence-corrected chi connectivity index (χ2v) is 6.83. The van der Waals surface area contributed by atoms with Crippen molar-refractivity contribution in [3.05, 3.63) is 69.6 Å². The molecule has 0 saturated carbocycles. The Hall–Kier alpha value is -2.17. The molecule has 0 aliphatic carbocycles. The maximum atomic E-state index is 12.3. The zero-order valence-electron chi connectivity index (χ0n) is 12.8. The van der Waals surface area contributed by atoms with Gasteiger partial charge >= 0.3 is 0 Å². The molecule has 0 aliphatic heterocycles. The number of aryl methyl sites for hydroxylation is 2. The number of benzene rings is 2. The number of nitrogens with zero attached hydrogens (tertiary/aromatic N) is 1. The largest absolute Gasteiger partial charge is 0.298 e. The van der Waals surface area contributed by atoms with Crippen LogP contribution in [0.25, 0.3) is 11.3 Å².